The number of hydrogen-bond donors (Lipinski definition) is 3. The largest absolute Gasteiger partial charge is 0.508 e. The first kappa shape index (κ1) is 13.9. The Bertz CT molecular complexity index is 459. The summed E-state index contributed by atoms with van der Waals surface area (Å²) in [6, 6.07) is 4.91. The third kappa shape index (κ3) is 3.47. The van der Waals surface area contributed by atoms with E-state index in [-0.39, 0.29) is 23.6 Å². The van der Waals surface area contributed by atoms with Crippen molar-refractivity contribution in [3.05, 3.63) is 23.8 Å². The molecule has 0 heterocycles. The minimum atomic E-state index is -0.101. The highest BCUT2D eigenvalue weighted by molar-refractivity contribution is 5.93. The number of carbonyl (C=O) groups excluding carboxylic acids is 1. The van der Waals surface area contributed by atoms with Crippen LogP contribution in [0.1, 0.15) is 37.7 Å². The van der Waals surface area contributed by atoms with Crippen molar-refractivity contribution < 1.29 is 9.90 Å². The quantitative estimate of drug-likeness (QED) is 0.566. The molecule has 0 spiro atoms. The molecule has 2 unspecified atom stereocenters. The van der Waals surface area contributed by atoms with Crippen molar-refractivity contribution in [2.75, 3.05) is 5.32 Å². The SMILES string of the molecule is Cc1cc(O)ccc1NC(=O)C1CCCCCC1N. The van der Waals surface area contributed by atoms with Crippen molar-refractivity contribution in [2.45, 2.75) is 45.1 Å². The third-order valence-electron chi connectivity index (χ3n) is 3.87. The highest BCUT2D eigenvalue weighted by Crippen LogP contribution is 2.25. The number of carbonyl (C=O) groups is 1. The summed E-state index contributed by atoms with van der Waals surface area (Å²) in [6.07, 6.45) is 5.13. The molecule has 104 valence electrons. The number of rotatable bonds is 2. The van der Waals surface area contributed by atoms with Crippen LogP contribution in [-0.2, 0) is 4.79 Å². The number of phenolic OH excluding ortho intramolecular Hbond substituents is 1. The Morgan fingerprint density at radius 1 is 1.32 bits per heavy atom. The lowest BCUT2D eigenvalue weighted by atomic mass is 9.94. The topological polar surface area (TPSA) is 75.3 Å². The molecule has 19 heavy (non-hydrogen) atoms. The number of nitrogens with one attached hydrogen (secondary N) is 1. The standard InChI is InChI=1S/C15H22N2O2/c1-10-9-11(18)7-8-14(10)17-15(19)12-5-3-2-4-6-13(12)16/h7-9,12-13,18H,2-6,16H2,1H3,(H,17,19). The summed E-state index contributed by atoms with van der Waals surface area (Å²) in [4.78, 5) is 12.3. The van der Waals surface area contributed by atoms with E-state index in [2.05, 4.69) is 5.32 Å². The van der Waals surface area contributed by atoms with E-state index in [4.69, 9.17) is 5.73 Å². The Balaban J connectivity index is 2.07. The highest BCUT2D eigenvalue weighted by atomic mass is 16.3. The van der Waals surface area contributed by atoms with E-state index < -0.39 is 0 Å². The number of hydrogen-bond acceptors (Lipinski definition) is 3. The summed E-state index contributed by atoms with van der Waals surface area (Å²) in [5, 5.41) is 12.3. The van der Waals surface area contributed by atoms with E-state index >= 15 is 0 Å². The Hall–Kier alpha value is -1.55. The molecule has 1 aliphatic rings. The summed E-state index contributed by atoms with van der Waals surface area (Å²) in [6.45, 7) is 1.86. The lowest BCUT2D eigenvalue weighted by molar-refractivity contribution is -0.120. The van der Waals surface area contributed by atoms with Gasteiger partial charge in [0.05, 0.1) is 5.92 Å². The first-order valence-corrected chi connectivity index (χ1v) is 6.94. The van der Waals surface area contributed by atoms with E-state index in [0.29, 0.717) is 0 Å². The second-order valence-electron chi connectivity index (χ2n) is 5.40. The molecule has 1 aromatic carbocycles. The maximum atomic E-state index is 12.3. The minimum absolute atomic E-state index is 0.00295. The van der Waals surface area contributed by atoms with Gasteiger partial charge in [0.1, 0.15) is 5.75 Å². The molecule has 0 saturated heterocycles. The van der Waals surface area contributed by atoms with Gasteiger partial charge >= 0.3 is 0 Å². The van der Waals surface area contributed by atoms with Crippen molar-refractivity contribution in [1.82, 2.24) is 0 Å². The van der Waals surface area contributed by atoms with Gasteiger partial charge in [0.2, 0.25) is 5.91 Å². The van der Waals surface area contributed by atoms with Crippen LogP contribution in [0.3, 0.4) is 0 Å². The average molecular weight is 262 g/mol. The van der Waals surface area contributed by atoms with Crippen molar-refractivity contribution in [3.8, 4) is 5.75 Å². The zero-order chi connectivity index (χ0) is 13.8. The minimum Gasteiger partial charge on any atom is -0.508 e. The highest BCUT2D eigenvalue weighted by Gasteiger charge is 2.27. The normalized spacial score (nSPS) is 23.7. The molecule has 1 amide bonds. The molecule has 1 aliphatic carbocycles. The van der Waals surface area contributed by atoms with Crippen LogP contribution < -0.4 is 11.1 Å². The predicted molar refractivity (Wildman–Crippen MR) is 76.0 cm³/mol. The molecular formula is C15H22N2O2. The fraction of sp³-hybridized carbons (Fsp3) is 0.533. The Kier molecular flexibility index (Phi) is 4.43. The van der Waals surface area contributed by atoms with Gasteiger partial charge in [-0.3, -0.25) is 4.79 Å². The first-order valence-electron chi connectivity index (χ1n) is 6.94. The maximum Gasteiger partial charge on any atom is 0.229 e. The van der Waals surface area contributed by atoms with E-state index in [1.807, 2.05) is 6.92 Å². The second kappa shape index (κ2) is 6.06. The van der Waals surface area contributed by atoms with Crippen LogP contribution in [-0.4, -0.2) is 17.1 Å². The monoisotopic (exact) mass is 262 g/mol. The molecule has 0 aromatic heterocycles. The maximum absolute atomic E-state index is 12.3. The van der Waals surface area contributed by atoms with Gasteiger partial charge in [-0.15, -0.1) is 0 Å². The Morgan fingerprint density at radius 3 is 2.79 bits per heavy atom. The summed E-state index contributed by atoms with van der Waals surface area (Å²) in [5.41, 5.74) is 7.70. The van der Waals surface area contributed by atoms with Gasteiger partial charge in [0.15, 0.2) is 0 Å². The van der Waals surface area contributed by atoms with E-state index in [9.17, 15) is 9.90 Å². The predicted octanol–water partition coefficient (Wildman–Crippen LogP) is 2.55. The number of amides is 1. The molecule has 1 saturated carbocycles. The molecule has 0 bridgehead atoms. The molecule has 0 aliphatic heterocycles. The van der Waals surface area contributed by atoms with Crippen LogP contribution in [0.2, 0.25) is 0 Å². The fourth-order valence-electron chi connectivity index (χ4n) is 2.68. The molecule has 4 heteroatoms. The molecule has 2 rings (SSSR count). The molecule has 2 atom stereocenters. The van der Waals surface area contributed by atoms with Crippen molar-refractivity contribution in [2.24, 2.45) is 11.7 Å². The third-order valence-corrected chi connectivity index (χ3v) is 3.87. The summed E-state index contributed by atoms with van der Waals surface area (Å²) < 4.78 is 0. The van der Waals surface area contributed by atoms with E-state index in [1.54, 1.807) is 18.2 Å². The first-order chi connectivity index (χ1) is 9.08. The number of aromatic hydroxyl groups is 1. The summed E-state index contributed by atoms with van der Waals surface area (Å²) in [5.74, 6) is 0.112. The van der Waals surface area contributed by atoms with Gasteiger partial charge in [-0.05, 0) is 43.5 Å². The molecule has 1 fully saturated rings. The van der Waals surface area contributed by atoms with Crippen LogP contribution >= 0.6 is 0 Å². The lowest BCUT2D eigenvalue weighted by Gasteiger charge is -2.21. The van der Waals surface area contributed by atoms with Gasteiger partial charge in [-0.2, -0.15) is 0 Å². The number of aryl methyl sites for hydroxylation is 1. The van der Waals surface area contributed by atoms with E-state index in [1.165, 1.54) is 0 Å². The van der Waals surface area contributed by atoms with E-state index in [0.717, 1.165) is 43.4 Å². The van der Waals surface area contributed by atoms with Gasteiger partial charge in [0, 0.05) is 11.7 Å². The smallest absolute Gasteiger partial charge is 0.229 e. The number of phenols is 1. The molecular weight excluding hydrogens is 240 g/mol. The lowest BCUT2D eigenvalue weighted by Crippen LogP contribution is -2.37. The van der Waals surface area contributed by atoms with Gasteiger partial charge in [-0.1, -0.05) is 19.3 Å². The molecule has 1 aromatic rings. The van der Waals surface area contributed by atoms with Crippen LogP contribution in [0.25, 0.3) is 0 Å². The zero-order valence-electron chi connectivity index (χ0n) is 11.4. The van der Waals surface area contributed by atoms with Crippen molar-refractivity contribution in [3.63, 3.8) is 0 Å². The molecule has 0 radical (unpaired) electrons. The fourth-order valence-corrected chi connectivity index (χ4v) is 2.68. The van der Waals surface area contributed by atoms with Gasteiger partial charge < -0.3 is 16.2 Å². The molecule has 4 N–H and O–H groups in total. The average Bonchev–Trinajstić information content (AvgIpc) is 2.57. The van der Waals surface area contributed by atoms with Crippen molar-refractivity contribution in [1.29, 1.82) is 0 Å². The summed E-state index contributed by atoms with van der Waals surface area (Å²) in [7, 11) is 0. The van der Waals surface area contributed by atoms with Gasteiger partial charge in [0.25, 0.3) is 0 Å². The second-order valence-corrected chi connectivity index (χ2v) is 5.40. The van der Waals surface area contributed by atoms with Crippen LogP contribution in [0, 0.1) is 12.8 Å². The zero-order valence-corrected chi connectivity index (χ0v) is 11.4. The summed E-state index contributed by atoms with van der Waals surface area (Å²) >= 11 is 0. The van der Waals surface area contributed by atoms with Crippen LogP contribution in [0.15, 0.2) is 18.2 Å². The Labute approximate surface area is 114 Å². The van der Waals surface area contributed by atoms with Crippen molar-refractivity contribution >= 4 is 11.6 Å². The molecule has 4 nitrogen and oxygen atoms in total. The Morgan fingerprint density at radius 2 is 2.05 bits per heavy atom. The van der Waals surface area contributed by atoms with Crippen LogP contribution in [0.4, 0.5) is 5.69 Å². The van der Waals surface area contributed by atoms with Gasteiger partial charge in [-0.25, -0.2) is 0 Å². The number of benzene rings is 1. The number of nitrogens with two attached hydrogens (primary N) is 1. The number of anilines is 1. The van der Waals surface area contributed by atoms with Crippen LogP contribution in [0.5, 0.6) is 5.75 Å².